The Bertz CT molecular complexity index is 1340. The zero-order valence-corrected chi connectivity index (χ0v) is 17.8. The summed E-state index contributed by atoms with van der Waals surface area (Å²) in [5.41, 5.74) is 9.77. The molecule has 9 heteroatoms. The van der Waals surface area contributed by atoms with Crippen LogP contribution in [0.2, 0.25) is 0 Å². The SMILES string of the molecule is CCc1cc(-c2ccc(NC(=O)c3cccn(C(C)CO)c3=O)cc2)c2c(N)ncnn12. The number of carbonyl (C=O) groups excluding carboxylic acids is 1. The molecule has 3 aromatic heterocycles. The molecule has 0 fully saturated rings. The summed E-state index contributed by atoms with van der Waals surface area (Å²) in [6.07, 6.45) is 3.77. The number of amides is 1. The van der Waals surface area contributed by atoms with E-state index in [0.717, 1.165) is 28.8 Å². The number of anilines is 2. The van der Waals surface area contributed by atoms with Gasteiger partial charge in [0, 0.05) is 23.1 Å². The monoisotopic (exact) mass is 432 g/mol. The lowest BCUT2D eigenvalue weighted by molar-refractivity contribution is 0.102. The highest BCUT2D eigenvalue weighted by molar-refractivity contribution is 6.04. The number of hydrogen-bond acceptors (Lipinski definition) is 6. The van der Waals surface area contributed by atoms with E-state index < -0.39 is 17.5 Å². The molecule has 0 aliphatic heterocycles. The topological polar surface area (TPSA) is 128 Å². The number of aliphatic hydroxyl groups excluding tert-OH is 1. The Morgan fingerprint density at radius 3 is 2.69 bits per heavy atom. The Balaban J connectivity index is 1.62. The third-order valence-corrected chi connectivity index (χ3v) is 5.43. The summed E-state index contributed by atoms with van der Waals surface area (Å²) in [6.45, 7) is 3.55. The molecule has 0 aliphatic rings. The minimum Gasteiger partial charge on any atom is -0.394 e. The average molecular weight is 432 g/mol. The second-order valence-corrected chi connectivity index (χ2v) is 7.51. The summed E-state index contributed by atoms with van der Waals surface area (Å²) in [4.78, 5) is 29.4. The van der Waals surface area contributed by atoms with Gasteiger partial charge in [0.15, 0.2) is 5.82 Å². The Morgan fingerprint density at radius 1 is 1.25 bits per heavy atom. The van der Waals surface area contributed by atoms with Gasteiger partial charge in [-0.05, 0) is 49.2 Å². The van der Waals surface area contributed by atoms with E-state index in [0.29, 0.717) is 11.5 Å². The van der Waals surface area contributed by atoms with E-state index in [-0.39, 0.29) is 12.2 Å². The minimum absolute atomic E-state index is 0.00724. The van der Waals surface area contributed by atoms with Crippen LogP contribution in [0.1, 0.15) is 35.9 Å². The normalized spacial score (nSPS) is 12.1. The molecule has 0 aliphatic carbocycles. The molecule has 1 amide bonds. The molecular formula is C23H24N6O3. The zero-order valence-electron chi connectivity index (χ0n) is 17.8. The first-order valence-corrected chi connectivity index (χ1v) is 10.3. The van der Waals surface area contributed by atoms with Crippen molar-refractivity contribution in [2.75, 3.05) is 17.7 Å². The molecule has 1 atom stereocenters. The Kier molecular flexibility index (Phi) is 5.74. The van der Waals surface area contributed by atoms with Gasteiger partial charge in [-0.2, -0.15) is 5.10 Å². The van der Waals surface area contributed by atoms with Crippen molar-refractivity contribution in [3.8, 4) is 11.1 Å². The maximum absolute atomic E-state index is 12.7. The van der Waals surface area contributed by atoms with Crippen molar-refractivity contribution < 1.29 is 9.90 Å². The van der Waals surface area contributed by atoms with Crippen LogP contribution in [0.4, 0.5) is 11.5 Å². The number of rotatable bonds is 6. The molecule has 0 radical (unpaired) electrons. The molecule has 0 saturated heterocycles. The van der Waals surface area contributed by atoms with Gasteiger partial charge in [-0.1, -0.05) is 19.1 Å². The van der Waals surface area contributed by atoms with E-state index in [4.69, 9.17) is 5.73 Å². The number of carbonyl (C=O) groups is 1. The van der Waals surface area contributed by atoms with E-state index in [1.54, 1.807) is 35.8 Å². The van der Waals surface area contributed by atoms with Crippen molar-refractivity contribution in [2.24, 2.45) is 0 Å². The lowest BCUT2D eigenvalue weighted by atomic mass is 10.1. The van der Waals surface area contributed by atoms with Crippen molar-refractivity contribution in [1.82, 2.24) is 19.2 Å². The largest absolute Gasteiger partial charge is 0.394 e. The summed E-state index contributed by atoms with van der Waals surface area (Å²) in [6, 6.07) is 12.0. The molecule has 0 spiro atoms. The number of benzene rings is 1. The highest BCUT2D eigenvalue weighted by atomic mass is 16.3. The van der Waals surface area contributed by atoms with E-state index in [2.05, 4.69) is 15.4 Å². The summed E-state index contributed by atoms with van der Waals surface area (Å²) < 4.78 is 3.13. The molecule has 1 unspecified atom stereocenters. The maximum Gasteiger partial charge on any atom is 0.263 e. The highest BCUT2D eigenvalue weighted by Crippen LogP contribution is 2.31. The number of aryl methyl sites for hydroxylation is 1. The summed E-state index contributed by atoms with van der Waals surface area (Å²) in [5, 5.41) is 16.4. The summed E-state index contributed by atoms with van der Waals surface area (Å²) in [5.74, 6) is -0.119. The van der Waals surface area contributed by atoms with Crippen molar-refractivity contribution in [3.05, 3.63) is 76.6 Å². The van der Waals surface area contributed by atoms with Crippen LogP contribution in [-0.4, -0.2) is 36.8 Å². The standard InChI is InChI=1S/C23H24N6O3/c1-3-17-11-19(20-21(24)25-13-26-29(17)20)15-6-8-16(9-7-15)27-22(31)18-5-4-10-28(23(18)32)14(2)12-30/h4-11,13-14,30H,3,12H2,1-2H3,(H,27,31)(H2,24,25,26). The van der Waals surface area contributed by atoms with Gasteiger partial charge in [0.05, 0.1) is 12.6 Å². The Hall–Kier alpha value is -3.98. The molecule has 4 rings (SSSR count). The fourth-order valence-corrected chi connectivity index (χ4v) is 3.65. The van der Waals surface area contributed by atoms with E-state index in [1.807, 2.05) is 25.1 Å². The molecule has 0 bridgehead atoms. The second-order valence-electron chi connectivity index (χ2n) is 7.51. The maximum atomic E-state index is 12.7. The third kappa shape index (κ3) is 3.74. The highest BCUT2D eigenvalue weighted by Gasteiger charge is 2.16. The van der Waals surface area contributed by atoms with Gasteiger partial charge in [0.2, 0.25) is 0 Å². The van der Waals surface area contributed by atoms with Gasteiger partial charge in [-0.15, -0.1) is 0 Å². The van der Waals surface area contributed by atoms with Crippen molar-refractivity contribution >= 4 is 22.9 Å². The number of nitrogen functional groups attached to an aromatic ring is 1. The van der Waals surface area contributed by atoms with Crippen LogP contribution in [0.5, 0.6) is 0 Å². The predicted molar refractivity (Wildman–Crippen MR) is 123 cm³/mol. The first-order valence-electron chi connectivity index (χ1n) is 10.3. The van der Waals surface area contributed by atoms with Crippen LogP contribution in [-0.2, 0) is 6.42 Å². The fourth-order valence-electron chi connectivity index (χ4n) is 3.65. The van der Waals surface area contributed by atoms with Crippen LogP contribution >= 0.6 is 0 Å². The molecule has 1 aromatic carbocycles. The number of nitrogens with two attached hydrogens (primary N) is 1. The van der Waals surface area contributed by atoms with Gasteiger partial charge in [0.25, 0.3) is 11.5 Å². The Morgan fingerprint density at radius 2 is 2.00 bits per heavy atom. The van der Waals surface area contributed by atoms with Crippen molar-refractivity contribution in [3.63, 3.8) is 0 Å². The molecule has 3 heterocycles. The van der Waals surface area contributed by atoms with E-state index in [9.17, 15) is 14.7 Å². The average Bonchev–Trinajstić information content (AvgIpc) is 3.19. The number of nitrogens with zero attached hydrogens (tertiary/aromatic N) is 4. The summed E-state index contributed by atoms with van der Waals surface area (Å²) >= 11 is 0. The fraction of sp³-hybridized carbons (Fsp3) is 0.217. The Labute approximate surface area is 184 Å². The van der Waals surface area contributed by atoms with Crippen molar-refractivity contribution in [2.45, 2.75) is 26.3 Å². The zero-order chi connectivity index (χ0) is 22.8. The minimum atomic E-state index is -0.512. The van der Waals surface area contributed by atoms with Crippen LogP contribution in [0.15, 0.2) is 59.8 Å². The van der Waals surface area contributed by atoms with Crippen LogP contribution in [0.25, 0.3) is 16.6 Å². The van der Waals surface area contributed by atoms with Gasteiger partial charge < -0.3 is 20.7 Å². The molecular weight excluding hydrogens is 408 g/mol. The number of hydrogen-bond donors (Lipinski definition) is 3. The third-order valence-electron chi connectivity index (χ3n) is 5.43. The molecule has 164 valence electrons. The quantitative estimate of drug-likeness (QED) is 0.430. The number of fused-ring (bicyclic) bond motifs is 1. The molecule has 4 N–H and O–H groups in total. The molecule has 32 heavy (non-hydrogen) atoms. The number of aromatic nitrogens is 4. The lowest BCUT2D eigenvalue weighted by Gasteiger charge is -2.13. The first-order chi connectivity index (χ1) is 15.4. The smallest absolute Gasteiger partial charge is 0.263 e. The molecule has 4 aromatic rings. The van der Waals surface area contributed by atoms with Gasteiger partial charge in [-0.25, -0.2) is 9.50 Å². The predicted octanol–water partition coefficient (Wildman–Crippen LogP) is 2.51. The second kappa shape index (κ2) is 8.64. The first kappa shape index (κ1) is 21.3. The van der Waals surface area contributed by atoms with Crippen LogP contribution in [0, 0.1) is 0 Å². The van der Waals surface area contributed by atoms with Crippen molar-refractivity contribution in [1.29, 1.82) is 0 Å². The number of nitrogens with one attached hydrogen (secondary N) is 1. The number of pyridine rings is 1. The van der Waals surface area contributed by atoms with Gasteiger partial charge in [0.1, 0.15) is 17.4 Å². The van der Waals surface area contributed by atoms with Crippen LogP contribution < -0.4 is 16.6 Å². The van der Waals surface area contributed by atoms with E-state index in [1.165, 1.54) is 17.0 Å². The number of aliphatic hydroxyl groups is 1. The van der Waals surface area contributed by atoms with Crippen LogP contribution in [0.3, 0.4) is 0 Å². The van der Waals surface area contributed by atoms with Gasteiger partial charge in [-0.3, -0.25) is 9.59 Å². The van der Waals surface area contributed by atoms with Gasteiger partial charge >= 0.3 is 0 Å². The molecule has 0 saturated carbocycles. The molecule has 9 nitrogen and oxygen atoms in total. The summed E-state index contributed by atoms with van der Waals surface area (Å²) in [7, 11) is 0. The van der Waals surface area contributed by atoms with E-state index >= 15 is 0 Å². The lowest BCUT2D eigenvalue weighted by Crippen LogP contribution is -2.31.